The largest absolute Gasteiger partial charge is 0.454 e. The molecule has 3 aromatic carbocycles. The second kappa shape index (κ2) is 9.57. The van der Waals surface area contributed by atoms with Crippen LogP contribution in [0.3, 0.4) is 0 Å². The van der Waals surface area contributed by atoms with Crippen LogP contribution in [0, 0.1) is 6.92 Å². The fourth-order valence-electron chi connectivity index (χ4n) is 2.57. The lowest BCUT2D eigenvalue weighted by Crippen LogP contribution is -2.15. The Bertz CT molecular complexity index is 1090. The number of aryl methyl sites for hydroxylation is 1. The number of halogens is 2. The Hall–Kier alpha value is -3.15. The van der Waals surface area contributed by atoms with Crippen LogP contribution in [0.1, 0.15) is 36.6 Å². The molecule has 0 saturated heterocycles. The lowest BCUT2D eigenvalue weighted by atomic mass is 10.1. The second-order valence-corrected chi connectivity index (χ2v) is 7.34. The molecule has 0 atom stereocenters. The summed E-state index contributed by atoms with van der Waals surface area (Å²) in [6, 6.07) is 17.7. The van der Waals surface area contributed by atoms with Crippen molar-refractivity contribution >= 4 is 46.5 Å². The van der Waals surface area contributed by atoms with E-state index in [1.165, 1.54) is 24.3 Å². The van der Waals surface area contributed by atoms with Gasteiger partial charge in [0.05, 0.1) is 15.6 Å². The molecule has 7 heteroatoms. The van der Waals surface area contributed by atoms with Gasteiger partial charge in [-0.25, -0.2) is 4.79 Å². The Kier molecular flexibility index (Phi) is 6.87. The van der Waals surface area contributed by atoms with Crippen LogP contribution >= 0.6 is 23.2 Å². The molecule has 0 unspecified atom stereocenters. The van der Waals surface area contributed by atoms with Crippen LogP contribution in [0.5, 0.6) is 0 Å². The van der Waals surface area contributed by atoms with Crippen LogP contribution in [0.25, 0.3) is 0 Å². The number of anilines is 1. The summed E-state index contributed by atoms with van der Waals surface area (Å²) in [7, 11) is 0. The van der Waals surface area contributed by atoms with Crippen LogP contribution in [-0.2, 0) is 4.74 Å². The predicted octanol–water partition coefficient (Wildman–Crippen LogP) is 5.59. The molecule has 0 aliphatic carbocycles. The molecule has 152 valence electrons. The molecule has 1 amide bonds. The molecular formula is C23H17Cl2NO4. The Balaban J connectivity index is 1.57. The van der Waals surface area contributed by atoms with E-state index in [0.717, 1.165) is 5.56 Å². The molecule has 0 fully saturated rings. The van der Waals surface area contributed by atoms with Gasteiger partial charge in [-0.3, -0.25) is 9.59 Å². The molecular weight excluding hydrogens is 425 g/mol. The van der Waals surface area contributed by atoms with E-state index >= 15 is 0 Å². The minimum absolute atomic E-state index is 0.263. The average molecular weight is 442 g/mol. The van der Waals surface area contributed by atoms with Gasteiger partial charge < -0.3 is 10.1 Å². The van der Waals surface area contributed by atoms with E-state index in [1.807, 2.05) is 19.1 Å². The van der Waals surface area contributed by atoms with E-state index < -0.39 is 5.97 Å². The molecule has 0 bridgehead atoms. The molecule has 0 aliphatic heterocycles. The Morgan fingerprint density at radius 2 is 1.40 bits per heavy atom. The summed E-state index contributed by atoms with van der Waals surface area (Å²) in [6.45, 7) is 1.57. The number of ketones is 1. The Morgan fingerprint density at radius 1 is 0.800 bits per heavy atom. The van der Waals surface area contributed by atoms with Crippen molar-refractivity contribution in [2.75, 3.05) is 11.9 Å². The molecule has 0 aliphatic rings. The van der Waals surface area contributed by atoms with Gasteiger partial charge in [-0.1, -0.05) is 53.0 Å². The molecule has 3 rings (SSSR count). The van der Waals surface area contributed by atoms with Crippen LogP contribution in [0.2, 0.25) is 10.0 Å². The molecule has 0 radical (unpaired) electrons. The maximum atomic E-state index is 12.3. The van der Waals surface area contributed by atoms with Gasteiger partial charge in [0.15, 0.2) is 12.4 Å². The van der Waals surface area contributed by atoms with Crippen LogP contribution in [-0.4, -0.2) is 24.3 Å². The normalized spacial score (nSPS) is 10.4. The number of amides is 1. The summed E-state index contributed by atoms with van der Waals surface area (Å²) >= 11 is 11.8. The van der Waals surface area contributed by atoms with Crippen molar-refractivity contribution in [2.24, 2.45) is 0 Å². The molecule has 0 aromatic heterocycles. The van der Waals surface area contributed by atoms with Gasteiger partial charge in [-0.05, 0) is 49.4 Å². The minimum Gasteiger partial charge on any atom is -0.454 e. The molecule has 0 spiro atoms. The zero-order chi connectivity index (χ0) is 21.7. The number of hydrogen-bond acceptors (Lipinski definition) is 4. The molecule has 5 nitrogen and oxygen atoms in total. The summed E-state index contributed by atoms with van der Waals surface area (Å²) in [5.41, 5.74) is 2.61. The summed E-state index contributed by atoms with van der Waals surface area (Å²) in [5, 5.41) is 3.34. The standard InChI is InChI=1S/C23H17Cl2NO4/c1-14-2-4-15(5-3-14)21(27)13-30-23(29)16-6-9-18(10-7-16)26-22(28)17-8-11-19(24)20(25)12-17/h2-12H,13H2,1H3,(H,26,28). The number of hydrogen-bond donors (Lipinski definition) is 1. The van der Waals surface area contributed by atoms with E-state index in [2.05, 4.69) is 5.32 Å². The quantitative estimate of drug-likeness (QED) is 0.399. The SMILES string of the molecule is Cc1ccc(C(=O)COC(=O)c2ccc(NC(=O)c3ccc(Cl)c(Cl)c3)cc2)cc1. The van der Waals surface area contributed by atoms with Gasteiger partial charge in [-0.15, -0.1) is 0 Å². The van der Waals surface area contributed by atoms with E-state index in [4.69, 9.17) is 27.9 Å². The number of rotatable bonds is 6. The molecule has 0 saturated carbocycles. The van der Waals surface area contributed by atoms with Crippen molar-refractivity contribution in [1.29, 1.82) is 0 Å². The van der Waals surface area contributed by atoms with Crippen molar-refractivity contribution in [3.05, 3.63) is 99.0 Å². The van der Waals surface area contributed by atoms with Gasteiger partial charge in [-0.2, -0.15) is 0 Å². The highest BCUT2D eigenvalue weighted by atomic mass is 35.5. The number of carbonyl (C=O) groups excluding carboxylic acids is 3. The van der Waals surface area contributed by atoms with Crippen LogP contribution < -0.4 is 5.32 Å². The minimum atomic E-state index is -0.627. The third kappa shape index (κ3) is 5.47. The maximum absolute atomic E-state index is 12.3. The fourth-order valence-corrected chi connectivity index (χ4v) is 2.87. The Morgan fingerprint density at radius 3 is 2.03 bits per heavy atom. The van der Waals surface area contributed by atoms with Crippen molar-refractivity contribution in [2.45, 2.75) is 6.92 Å². The van der Waals surface area contributed by atoms with Gasteiger partial charge in [0.25, 0.3) is 5.91 Å². The van der Waals surface area contributed by atoms with Gasteiger partial charge in [0.1, 0.15) is 0 Å². The monoisotopic (exact) mass is 441 g/mol. The first-order chi connectivity index (χ1) is 14.3. The zero-order valence-electron chi connectivity index (χ0n) is 15.9. The van der Waals surface area contributed by atoms with E-state index in [0.29, 0.717) is 21.8 Å². The lowest BCUT2D eigenvalue weighted by molar-refractivity contribution is 0.0475. The third-order valence-corrected chi connectivity index (χ3v) is 5.01. The van der Waals surface area contributed by atoms with Crippen LogP contribution in [0.15, 0.2) is 66.7 Å². The summed E-state index contributed by atoms with van der Waals surface area (Å²) in [4.78, 5) is 36.6. The predicted molar refractivity (Wildman–Crippen MR) is 117 cm³/mol. The number of Topliss-reactive ketones (excluding diaryl/α,β-unsaturated/α-hetero) is 1. The first-order valence-corrected chi connectivity index (χ1v) is 9.72. The summed E-state index contributed by atoms with van der Waals surface area (Å²) in [6.07, 6.45) is 0. The highest BCUT2D eigenvalue weighted by Crippen LogP contribution is 2.23. The summed E-state index contributed by atoms with van der Waals surface area (Å²) in [5.74, 6) is -1.28. The van der Waals surface area contributed by atoms with Crippen molar-refractivity contribution in [3.8, 4) is 0 Å². The van der Waals surface area contributed by atoms with Gasteiger partial charge >= 0.3 is 5.97 Å². The number of ether oxygens (including phenoxy) is 1. The van der Waals surface area contributed by atoms with Gasteiger partial charge in [0.2, 0.25) is 0 Å². The van der Waals surface area contributed by atoms with Crippen molar-refractivity contribution in [3.63, 3.8) is 0 Å². The Labute approximate surface area is 183 Å². The molecule has 1 N–H and O–H groups in total. The van der Waals surface area contributed by atoms with Crippen molar-refractivity contribution in [1.82, 2.24) is 0 Å². The van der Waals surface area contributed by atoms with Crippen molar-refractivity contribution < 1.29 is 19.1 Å². The number of esters is 1. The average Bonchev–Trinajstić information content (AvgIpc) is 2.74. The first kappa shape index (κ1) is 21.6. The highest BCUT2D eigenvalue weighted by molar-refractivity contribution is 6.42. The topological polar surface area (TPSA) is 72.5 Å². The first-order valence-electron chi connectivity index (χ1n) is 8.97. The smallest absolute Gasteiger partial charge is 0.338 e. The number of benzene rings is 3. The number of carbonyl (C=O) groups is 3. The van der Waals surface area contributed by atoms with Gasteiger partial charge in [0, 0.05) is 16.8 Å². The van der Waals surface area contributed by atoms with E-state index in [1.54, 1.807) is 30.3 Å². The van der Waals surface area contributed by atoms with Crippen LogP contribution in [0.4, 0.5) is 5.69 Å². The molecule has 0 heterocycles. The highest BCUT2D eigenvalue weighted by Gasteiger charge is 2.13. The lowest BCUT2D eigenvalue weighted by Gasteiger charge is -2.08. The fraction of sp³-hybridized carbons (Fsp3) is 0.0870. The summed E-state index contributed by atoms with van der Waals surface area (Å²) < 4.78 is 5.09. The maximum Gasteiger partial charge on any atom is 0.338 e. The molecule has 30 heavy (non-hydrogen) atoms. The zero-order valence-corrected chi connectivity index (χ0v) is 17.5. The van der Waals surface area contributed by atoms with E-state index in [9.17, 15) is 14.4 Å². The number of nitrogens with one attached hydrogen (secondary N) is 1. The second-order valence-electron chi connectivity index (χ2n) is 6.53. The third-order valence-electron chi connectivity index (χ3n) is 4.27. The molecule has 3 aromatic rings. The van der Waals surface area contributed by atoms with E-state index in [-0.39, 0.29) is 28.9 Å².